The number of aromatic nitrogens is 3. The SMILES string of the molecule is CN[C@@H](C)C(=O)Nc1ncc(-c2cccc(C(=O)N(C)C)c2)n(Cc2cc(-n3cc(C)c4cc(F)ccc43)cc(C(F)(F)F)c2)c1=O. The second kappa shape index (κ2) is 12.8. The van der Waals surface area contributed by atoms with Gasteiger partial charge in [0.1, 0.15) is 5.82 Å². The van der Waals surface area contributed by atoms with E-state index in [-0.39, 0.29) is 35.2 Å². The number of hydrogen-bond donors (Lipinski definition) is 2. The van der Waals surface area contributed by atoms with Crippen molar-refractivity contribution < 1.29 is 27.2 Å². The third-order valence-corrected chi connectivity index (χ3v) is 7.82. The third-order valence-electron chi connectivity index (χ3n) is 7.82. The molecule has 0 saturated heterocycles. The first kappa shape index (κ1) is 33.1. The van der Waals surface area contributed by atoms with Crippen LogP contribution in [0, 0.1) is 12.7 Å². The molecule has 0 saturated carbocycles. The van der Waals surface area contributed by atoms with E-state index in [0.29, 0.717) is 27.6 Å². The molecule has 0 aliphatic rings. The van der Waals surface area contributed by atoms with Gasteiger partial charge in [-0.3, -0.25) is 19.0 Å². The van der Waals surface area contributed by atoms with Crippen molar-refractivity contribution in [1.29, 1.82) is 0 Å². The summed E-state index contributed by atoms with van der Waals surface area (Å²) in [5.74, 6) is -1.63. The van der Waals surface area contributed by atoms with Crippen LogP contribution in [-0.2, 0) is 17.5 Å². The number of benzene rings is 3. The van der Waals surface area contributed by atoms with Gasteiger partial charge in [-0.05, 0) is 80.6 Å². The monoisotopic (exact) mass is 648 g/mol. The quantitative estimate of drug-likeness (QED) is 0.213. The molecule has 2 N–H and O–H groups in total. The zero-order valence-corrected chi connectivity index (χ0v) is 26.2. The van der Waals surface area contributed by atoms with E-state index in [4.69, 9.17) is 0 Å². The fraction of sp³-hybridized carbons (Fsp3) is 0.235. The molecule has 2 aromatic heterocycles. The number of halogens is 4. The zero-order valence-electron chi connectivity index (χ0n) is 26.2. The molecule has 2 heterocycles. The highest BCUT2D eigenvalue weighted by molar-refractivity contribution is 5.95. The Morgan fingerprint density at radius 1 is 1.04 bits per heavy atom. The van der Waals surface area contributed by atoms with Gasteiger partial charge >= 0.3 is 6.18 Å². The molecule has 0 radical (unpaired) electrons. The molecule has 3 aromatic carbocycles. The first-order chi connectivity index (χ1) is 22.2. The lowest BCUT2D eigenvalue weighted by molar-refractivity contribution is -0.137. The molecule has 0 aliphatic carbocycles. The molecule has 244 valence electrons. The van der Waals surface area contributed by atoms with E-state index in [9.17, 15) is 31.9 Å². The number of anilines is 1. The van der Waals surface area contributed by atoms with Crippen LogP contribution in [0.1, 0.15) is 34.0 Å². The van der Waals surface area contributed by atoms with E-state index in [2.05, 4.69) is 15.6 Å². The second-order valence-corrected chi connectivity index (χ2v) is 11.4. The fourth-order valence-electron chi connectivity index (χ4n) is 5.22. The number of nitrogens with one attached hydrogen (secondary N) is 2. The van der Waals surface area contributed by atoms with Crippen LogP contribution in [0.3, 0.4) is 0 Å². The number of carbonyl (C=O) groups is 2. The van der Waals surface area contributed by atoms with Crippen molar-refractivity contribution in [3.05, 3.63) is 111 Å². The van der Waals surface area contributed by atoms with Crippen LogP contribution in [0.25, 0.3) is 27.8 Å². The Kier molecular flexibility index (Phi) is 9.03. The number of rotatable bonds is 8. The van der Waals surface area contributed by atoms with Gasteiger partial charge in [-0.15, -0.1) is 0 Å². The number of likely N-dealkylation sites (N-methyl/N-ethyl adjacent to an activating group) is 1. The van der Waals surface area contributed by atoms with Crippen molar-refractivity contribution in [2.75, 3.05) is 26.5 Å². The predicted molar refractivity (Wildman–Crippen MR) is 171 cm³/mol. The van der Waals surface area contributed by atoms with E-state index in [1.807, 2.05) is 0 Å². The second-order valence-electron chi connectivity index (χ2n) is 11.4. The van der Waals surface area contributed by atoms with Crippen LogP contribution >= 0.6 is 0 Å². The van der Waals surface area contributed by atoms with Crippen LogP contribution in [0.4, 0.5) is 23.4 Å². The highest BCUT2D eigenvalue weighted by atomic mass is 19.4. The summed E-state index contributed by atoms with van der Waals surface area (Å²) in [6.07, 6.45) is -1.78. The molecule has 0 aliphatic heterocycles. The number of fused-ring (bicyclic) bond motifs is 1. The minimum atomic E-state index is -4.73. The van der Waals surface area contributed by atoms with Crippen molar-refractivity contribution in [1.82, 2.24) is 24.3 Å². The van der Waals surface area contributed by atoms with Gasteiger partial charge in [-0.1, -0.05) is 12.1 Å². The molecule has 13 heteroatoms. The van der Waals surface area contributed by atoms with Crippen molar-refractivity contribution in [2.45, 2.75) is 32.6 Å². The molecule has 0 bridgehead atoms. The Labute approximate surface area is 267 Å². The summed E-state index contributed by atoms with van der Waals surface area (Å²) in [5.41, 5.74) is 0.650. The molecule has 1 atom stereocenters. The van der Waals surface area contributed by atoms with E-state index in [1.54, 1.807) is 70.0 Å². The smallest absolute Gasteiger partial charge is 0.345 e. The maximum atomic E-state index is 14.3. The average molecular weight is 649 g/mol. The third kappa shape index (κ3) is 6.80. The first-order valence-electron chi connectivity index (χ1n) is 14.6. The maximum absolute atomic E-state index is 14.3. The van der Waals surface area contributed by atoms with E-state index in [0.717, 1.165) is 12.1 Å². The van der Waals surface area contributed by atoms with Crippen LogP contribution < -0.4 is 16.2 Å². The van der Waals surface area contributed by atoms with E-state index in [1.165, 1.54) is 39.9 Å². The van der Waals surface area contributed by atoms with E-state index < -0.39 is 35.1 Å². The van der Waals surface area contributed by atoms with Gasteiger partial charge in [0.25, 0.3) is 11.5 Å². The van der Waals surface area contributed by atoms with Gasteiger partial charge in [0.05, 0.1) is 35.6 Å². The van der Waals surface area contributed by atoms with Crippen LogP contribution in [0.15, 0.2) is 77.9 Å². The Bertz CT molecular complexity index is 2070. The molecule has 0 fully saturated rings. The molecule has 0 spiro atoms. The summed E-state index contributed by atoms with van der Waals surface area (Å²) >= 11 is 0. The summed E-state index contributed by atoms with van der Waals surface area (Å²) in [7, 11) is 4.75. The molecule has 9 nitrogen and oxygen atoms in total. The Hall–Kier alpha value is -5.30. The number of hydrogen-bond acceptors (Lipinski definition) is 5. The molecular formula is C34H32F4N6O3. The van der Waals surface area contributed by atoms with Crippen LogP contribution in [0.5, 0.6) is 0 Å². The van der Waals surface area contributed by atoms with Crippen molar-refractivity contribution in [2.24, 2.45) is 0 Å². The van der Waals surface area contributed by atoms with Crippen molar-refractivity contribution in [3.8, 4) is 16.9 Å². The predicted octanol–water partition coefficient (Wildman–Crippen LogP) is 5.62. The number of carbonyl (C=O) groups excluding carboxylic acids is 2. The van der Waals surface area contributed by atoms with Gasteiger partial charge in [-0.2, -0.15) is 13.2 Å². The lowest BCUT2D eigenvalue weighted by Gasteiger charge is -2.18. The minimum Gasteiger partial charge on any atom is -0.345 e. The van der Waals surface area contributed by atoms with Gasteiger partial charge in [-0.25, -0.2) is 9.37 Å². The molecule has 5 rings (SSSR count). The zero-order chi connectivity index (χ0) is 34.2. The van der Waals surface area contributed by atoms with Crippen molar-refractivity contribution in [3.63, 3.8) is 0 Å². The topological polar surface area (TPSA) is 101 Å². The fourth-order valence-corrected chi connectivity index (χ4v) is 5.22. The Morgan fingerprint density at radius 2 is 1.79 bits per heavy atom. The highest BCUT2D eigenvalue weighted by Gasteiger charge is 2.32. The number of alkyl halides is 3. The summed E-state index contributed by atoms with van der Waals surface area (Å²) in [4.78, 5) is 44.8. The van der Waals surface area contributed by atoms with Crippen LogP contribution in [0.2, 0.25) is 0 Å². The number of amides is 2. The molecule has 47 heavy (non-hydrogen) atoms. The molecule has 5 aromatic rings. The molecule has 0 unspecified atom stereocenters. The highest BCUT2D eigenvalue weighted by Crippen LogP contribution is 2.34. The Morgan fingerprint density at radius 3 is 2.47 bits per heavy atom. The number of aryl methyl sites for hydroxylation is 1. The molecular weight excluding hydrogens is 616 g/mol. The average Bonchev–Trinajstić information content (AvgIpc) is 3.36. The minimum absolute atomic E-state index is 0.118. The summed E-state index contributed by atoms with van der Waals surface area (Å²) in [5, 5.41) is 5.80. The standard InChI is InChI=1S/C34H32F4N6O3/c1-19-17-43(28-10-9-25(35)15-27(19)28)26-12-21(11-24(14-26)34(36,37)38)18-44-29(22-7-6-8-23(13-22)32(46)42(4)5)16-40-30(33(44)47)41-31(45)20(2)39-3/h6-17,20,39H,18H2,1-5H3,(H,40,41,45)/t20-/m0/s1. The van der Waals surface area contributed by atoms with E-state index >= 15 is 0 Å². The lowest BCUT2D eigenvalue weighted by atomic mass is 10.1. The largest absolute Gasteiger partial charge is 0.416 e. The summed E-state index contributed by atoms with van der Waals surface area (Å²) < 4.78 is 59.6. The summed E-state index contributed by atoms with van der Waals surface area (Å²) in [6.45, 7) is 2.97. The summed E-state index contributed by atoms with van der Waals surface area (Å²) in [6, 6.07) is 13.3. The van der Waals surface area contributed by atoms with Gasteiger partial charge in [0, 0.05) is 42.5 Å². The van der Waals surface area contributed by atoms with Gasteiger partial charge in [0.15, 0.2) is 5.82 Å². The number of nitrogens with zero attached hydrogens (tertiary/aromatic N) is 4. The lowest BCUT2D eigenvalue weighted by Crippen LogP contribution is -2.38. The normalized spacial score (nSPS) is 12.3. The maximum Gasteiger partial charge on any atom is 0.416 e. The van der Waals surface area contributed by atoms with Crippen molar-refractivity contribution >= 4 is 28.5 Å². The Balaban J connectivity index is 1.70. The molecule has 2 amide bonds. The van der Waals surface area contributed by atoms with Gasteiger partial charge < -0.3 is 20.1 Å². The van der Waals surface area contributed by atoms with Gasteiger partial charge in [0.2, 0.25) is 5.91 Å². The first-order valence-corrected chi connectivity index (χ1v) is 14.6. The van der Waals surface area contributed by atoms with Crippen LogP contribution in [-0.4, -0.2) is 58.0 Å².